The largest absolute Gasteiger partial charge is 0.496 e. The van der Waals surface area contributed by atoms with Crippen LogP contribution in [0.3, 0.4) is 0 Å². The third-order valence-corrected chi connectivity index (χ3v) is 3.39. The monoisotopic (exact) mass is 236 g/mol. The summed E-state index contributed by atoms with van der Waals surface area (Å²) in [5.74, 6) is 0.947. The fraction of sp³-hybridized carbons (Fsp3) is 0.571. The average molecular weight is 236 g/mol. The van der Waals surface area contributed by atoms with Gasteiger partial charge in [-0.15, -0.1) is 0 Å². The highest BCUT2D eigenvalue weighted by molar-refractivity contribution is 5.33. The van der Waals surface area contributed by atoms with Crippen LogP contribution in [0.15, 0.2) is 24.3 Å². The fourth-order valence-corrected chi connectivity index (χ4v) is 1.85. The molecule has 17 heavy (non-hydrogen) atoms. The van der Waals surface area contributed by atoms with E-state index >= 15 is 0 Å². The first-order valence-corrected chi connectivity index (χ1v) is 6.04. The molecule has 0 unspecified atom stereocenters. The molecule has 0 spiro atoms. The van der Waals surface area contributed by atoms with Gasteiger partial charge in [0.25, 0.3) is 0 Å². The fourth-order valence-electron chi connectivity index (χ4n) is 1.85. The Balaban J connectivity index is 2.76. The van der Waals surface area contributed by atoms with Crippen LogP contribution in [0, 0.1) is 0 Å². The summed E-state index contributed by atoms with van der Waals surface area (Å²) in [6.45, 7) is 6.02. The van der Waals surface area contributed by atoms with Crippen molar-refractivity contribution < 1.29 is 4.74 Å². The molecule has 3 heteroatoms. The van der Waals surface area contributed by atoms with E-state index in [1.807, 2.05) is 18.2 Å². The minimum absolute atomic E-state index is 0.107. The van der Waals surface area contributed by atoms with Crippen LogP contribution in [0.5, 0.6) is 5.75 Å². The Bertz CT molecular complexity index is 350. The third-order valence-electron chi connectivity index (χ3n) is 3.39. The van der Waals surface area contributed by atoms with E-state index in [1.165, 1.54) is 5.56 Å². The Labute approximate surface area is 105 Å². The molecule has 0 aliphatic heterocycles. The van der Waals surface area contributed by atoms with Gasteiger partial charge in [-0.05, 0) is 39.9 Å². The van der Waals surface area contributed by atoms with Crippen molar-refractivity contribution in [3.05, 3.63) is 29.8 Å². The summed E-state index contributed by atoms with van der Waals surface area (Å²) >= 11 is 0. The maximum absolute atomic E-state index is 5.65. The predicted molar refractivity (Wildman–Crippen MR) is 72.2 cm³/mol. The van der Waals surface area contributed by atoms with E-state index < -0.39 is 0 Å². The molecular weight excluding hydrogens is 212 g/mol. The summed E-state index contributed by atoms with van der Waals surface area (Å²) < 4.78 is 5.37. The van der Waals surface area contributed by atoms with Crippen molar-refractivity contribution >= 4 is 0 Å². The van der Waals surface area contributed by atoms with Gasteiger partial charge in [-0.2, -0.15) is 0 Å². The van der Waals surface area contributed by atoms with Gasteiger partial charge in [0.2, 0.25) is 0 Å². The minimum Gasteiger partial charge on any atom is -0.496 e. The Morgan fingerprint density at radius 2 is 1.94 bits per heavy atom. The van der Waals surface area contributed by atoms with Crippen LogP contribution in [0.2, 0.25) is 0 Å². The molecule has 96 valence electrons. The van der Waals surface area contributed by atoms with Gasteiger partial charge in [-0.25, -0.2) is 0 Å². The normalized spacial score (nSPS) is 11.9. The molecule has 0 radical (unpaired) electrons. The van der Waals surface area contributed by atoms with E-state index in [1.54, 1.807) is 7.11 Å². The van der Waals surface area contributed by atoms with E-state index in [-0.39, 0.29) is 5.54 Å². The lowest BCUT2D eigenvalue weighted by molar-refractivity contribution is 0.138. The number of benzene rings is 1. The highest BCUT2D eigenvalue weighted by Crippen LogP contribution is 2.23. The van der Waals surface area contributed by atoms with Crippen molar-refractivity contribution in [3.8, 4) is 5.75 Å². The molecule has 1 aromatic carbocycles. The van der Waals surface area contributed by atoms with Gasteiger partial charge in [-0.3, -0.25) is 4.90 Å². The quantitative estimate of drug-likeness (QED) is 0.823. The molecule has 0 saturated heterocycles. The Hall–Kier alpha value is -1.06. The molecule has 3 nitrogen and oxygen atoms in total. The van der Waals surface area contributed by atoms with E-state index in [2.05, 4.69) is 31.9 Å². The lowest BCUT2D eigenvalue weighted by Gasteiger charge is -2.35. The number of para-hydroxylation sites is 1. The summed E-state index contributed by atoms with van der Waals surface area (Å²) in [5, 5.41) is 0. The van der Waals surface area contributed by atoms with Crippen LogP contribution >= 0.6 is 0 Å². The molecule has 0 heterocycles. The zero-order valence-electron chi connectivity index (χ0n) is 11.4. The van der Waals surface area contributed by atoms with Crippen LogP contribution in [0.1, 0.15) is 25.8 Å². The van der Waals surface area contributed by atoms with Gasteiger partial charge in [0, 0.05) is 17.6 Å². The van der Waals surface area contributed by atoms with E-state index in [0.29, 0.717) is 6.54 Å². The highest BCUT2D eigenvalue weighted by atomic mass is 16.5. The maximum atomic E-state index is 5.65. The number of hydrogen-bond acceptors (Lipinski definition) is 3. The van der Waals surface area contributed by atoms with Crippen molar-refractivity contribution in [2.24, 2.45) is 5.73 Å². The van der Waals surface area contributed by atoms with E-state index in [0.717, 1.165) is 18.7 Å². The SMILES string of the molecule is COc1ccccc1CN(C)C(C)(C)CCN. The molecule has 0 amide bonds. The molecule has 0 aliphatic carbocycles. The Kier molecular flexibility index (Phi) is 4.97. The van der Waals surface area contributed by atoms with Gasteiger partial charge in [-0.1, -0.05) is 18.2 Å². The number of rotatable bonds is 6. The number of nitrogens with two attached hydrogens (primary N) is 1. The molecule has 0 fully saturated rings. The highest BCUT2D eigenvalue weighted by Gasteiger charge is 2.23. The van der Waals surface area contributed by atoms with Crippen molar-refractivity contribution in [1.82, 2.24) is 4.90 Å². The van der Waals surface area contributed by atoms with Crippen molar-refractivity contribution in [3.63, 3.8) is 0 Å². The first-order chi connectivity index (χ1) is 8.01. The average Bonchev–Trinajstić information content (AvgIpc) is 2.29. The van der Waals surface area contributed by atoms with Gasteiger partial charge < -0.3 is 10.5 Å². The lowest BCUT2D eigenvalue weighted by atomic mass is 9.98. The van der Waals surface area contributed by atoms with Crippen molar-refractivity contribution in [2.75, 3.05) is 20.7 Å². The second kappa shape index (κ2) is 6.03. The second-order valence-electron chi connectivity index (χ2n) is 5.02. The summed E-state index contributed by atoms with van der Waals surface area (Å²) in [5.41, 5.74) is 6.97. The zero-order chi connectivity index (χ0) is 12.9. The maximum Gasteiger partial charge on any atom is 0.123 e. The Morgan fingerprint density at radius 1 is 1.29 bits per heavy atom. The second-order valence-corrected chi connectivity index (χ2v) is 5.02. The smallest absolute Gasteiger partial charge is 0.123 e. The molecule has 0 aromatic heterocycles. The third kappa shape index (κ3) is 3.72. The summed E-state index contributed by atoms with van der Waals surface area (Å²) in [4.78, 5) is 2.32. The first kappa shape index (κ1) is 14.0. The van der Waals surface area contributed by atoms with Gasteiger partial charge >= 0.3 is 0 Å². The van der Waals surface area contributed by atoms with Crippen LogP contribution in [0.4, 0.5) is 0 Å². The summed E-state index contributed by atoms with van der Waals surface area (Å²) in [6.07, 6.45) is 0.985. The van der Waals surface area contributed by atoms with Gasteiger partial charge in [0.1, 0.15) is 5.75 Å². The van der Waals surface area contributed by atoms with Gasteiger partial charge in [0.15, 0.2) is 0 Å². The van der Waals surface area contributed by atoms with Crippen LogP contribution in [-0.2, 0) is 6.54 Å². The Morgan fingerprint density at radius 3 is 2.53 bits per heavy atom. The van der Waals surface area contributed by atoms with Crippen molar-refractivity contribution in [2.45, 2.75) is 32.4 Å². The lowest BCUT2D eigenvalue weighted by Crippen LogP contribution is -2.42. The number of hydrogen-bond donors (Lipinski definition) is 1. The zero-order valence-corrected chi connectivity index (χ0v) is 11.4. The molecule has 0 bridgehead atoms. The molecule has 1 aromatic rings. The molecule has 0 atom stereocenters. The standard InChI is InChI=1S/C14H24N2O/c1-14(2,9-10-15)16(3)11-12-7-5-6-8-13(12)17-4/h5-8H,9-11,15H2,1-4H3. The minimum atomic E-state index is 0.107. The number of nitrogens with zero attached hydrogens (tertiary/aromatic N) is 1. The molecular formula is C14H24N2O. The summed E-state index contributed by atoms with van der Waals surface area (Å²) in [6, 6.07) is 8.14. The molecule has 0 saturated carbocycles. The number of methoxy groups -OCH3 is 1. The molecule has 0 aliphatic rings. The van der Waals surface area contributed by atoms with Crippen LogP contribution < -0.4 is 10.5 Å². The van der Waals surface area contributed by atoms with E-state index in [4.69, 9.17) is 10.5 Å². The molecule has 2 N–H and O–H groups in total. The van der Waals surface area contributed by atoms with Crippen LogP contribution in [-0.4, -0.2) is 31.1 Å². The topological polar surface area (TPSA) is 38.5 Å². The predicted octanol–water partition coefficient (Wildman–Crippen LogP) is 2.25. The van der Waals surface area contributed by atoms with Crippen molar-refractivity contribution in [1.29, 1.82) is 0 Å². The first-order valence-electron chi connectivity index (χ1n) is 6.04. The van der Waals surface area contributed by atoms with Gasteiger partial charge in [0.05, 0.1) is 7.11 Å². The van der Waals surface area contributed by atoms with Crippen LogP contribution in [0.25, 0.3) is 0 Å². The van der Waals surface area contributed by atoms with E-state index in [9.17, 15) is 0 Å². The summed E-state index contributed by atoms with van der Waals surface area (Å²) in [7, 11) is 3.84. The molecule has 1 rings (SSSR count). The number of ether oxygens (including phenoxy) is 1.